The van der Waals surface area contributed by atoms with Crippen molar-refractivity contribution in [3.05, 3.63) is 70.3 Å². The molecule has 1 aliphatic heterocycles. The van der Waals surface area contributed by atoms with Crippen LogP contribution in [0.2, 0.25) is 0 Å². The lowest BCUT2D eigenvalue weighted by molar-refractivity contribution is -0.383. The summed E-state index contributed by atoms with van der Waals surface area (Å²) >= 11 is 0. The summed E-state index contributed by atoms with van der Waals surface area (Å²) in [6, 6.07) is 12.2. The van der Waals surface area contributed by atoms with E-state index in [1.54, 1.807) is 32.4 Å². The summed E-state index contributed by atoms with van der Waals surface area (Å²) in [6.07, 6.45) is 1.86. The molecule has 0 amide bonds. The number of anilines is 3. The van der Waals surface area contributed by atoms with Crippen LogP contribution in [0.25, 0.3) is 0 Å². The minimum absolute atomic E-state index is 0.151. The zero-order chi connectivity index (χ0) is 24.8. The molecule has 0 spiro atoms. The number of hydrogen-bond donors (Lipinski definition) is 1. The Balaban J connectivity index is 1.47. The number of aromatic nitrogens is 2. The lowest BCUT2D eigenvalue weighted by Gasteiger charge is -2.36. The number of rotatable bonds is 9. The molecule has 1 aromatic heterocycles. The van der Waals surface area contributed by atoms with E-state index in [0.717, 1.165) is 5.56 Å². The Morgan fingerprint density at radius 1 is 1.03 bits per heavy atom. The lowest BCUT2D eigenvalue weighted by Crippen LogP contribution is -2.47. The molecule has 0 saturated carbocycles. The summed E-state index contributed by atoms with van der Waals surface area (Å²) < 4.78 is 24.9. The van der Waals surface area contributed by atoms with Crippen molar-refractivity contribution in [2.75, 3.05) is 62.1 Å². The van der Waals surface area contributed by atoms with Gasteiger partial charge >= 0.3 is 5.69 Å². The summed E-state index contributed by atoms with van der Waals surface area (Å²) in [4.78, 5) is 23.7. The Labute approximate surface area is 202 Å². The van der Waals surface area contributed by atoms with Gasteiger partial charge in [0.05, 0.1) is 24.8 Å². The predicted octanol–water partition coefficient (Wildman–Crippen LogP) is 3.52. The Morgan fingerprint density at radius 2 is 1.77 bits per heavy atom. The quantitative estimate of drug-likeness (QED) is 0.362. The highest BCUT2D eigenvalue weighted by Gasteiger charge is 2.29. The number of nitrogens with zero attached hydrogens (tertiary/aromatic N) is 5. The molecule has 2 aromatic carbocycles. The van der Waals surface area contributed by atoms with Crippen molar-refractivity contribution in [3.63, 3.8) is 0 Å². The number of para-hydroxylation sites is 2. The van der Waals surface area contributed by atoms with Gasteiger partial charge in [-0.1, -0.05) is 24.3 Å². The fourth-order valence-corrected chi connectivity index (χ4v) is 4.23. The maximum atomic E-state index is 14.2. The van der Waals surface area contributed by atoms with Gasteiger partial charge in [-0.15, -0.1) is 0 Å². The number of ether oxygens (including phenoxy) is 2. The highest BCUT2D eigenvalue weighted by molar-refractivity contribution is 5.70. The number of hydrogen-bond acceptors (Lipinski definition) is 9. The summed E-state index contributed by atoms with van der Waals surface area (Å²) in [7, 11) is 3.14. The Bertz CT molecular complexity index is 1190. The zero-order valence-electron chi connectivity index (χ0n) is 19.6. The maximum absolute atomic E-state index is 14.2. The summed E-state index contributed by atoms with van der Waals surface area (Å²) in [5.74, 6) is 1.36. The van der Waals surface area contributed by atoms with Crippen LogP contribution in [0.1, 0.15) is 5.56 Å². The topological polar surface area (TPSA) is 106 Å². The van der Waals surface area contributed by atoms with Crippen LogP contribution in [0.5, 0.6) is 11.5 Å². The first-order chi connectivity index (χ1) is 17.0. The molecule has 0 radical (unpaired) electrons. The molecular formula is C24H27FN6O4. The van der Waals surface area contributed by atoms with E-state index < -0.39 is 4.92 Å². The van der Waals surface area contributed by atoms with Crippen molar-refractivity contribution in [1.29, 1.82) is 0 Å². The minimum atomic E-state index is -0.465. The first-order valence-electron chi connectivity index (χ1n) is 11.2. The minimum Gasteiger partial charge on any atom is -0.493 e. The zero-order valence-corrected chi connectivity index (χ0v) is 19.6. The molecule has 2 heterocycles. The second-order valence-corrected chi connectivity index (χ2v) is 7.91. The standard InChI is InChI=1S/C24H27FN6O4/c1-34-20-9-5-6-17(22(20)35-2)10-11-26-23-21(31(32)33)24(28-16-27-23)30-14-12-29(13-15-30)19-8-4-3-7-18(19)25/h3-9,16H,10-15H2,1-2H3,(H,26,27,28). The first kappa shape index (κ1) is 24.0. The number of halogens is 1. The number of nitro groups is 1. The van der Waals surface area contributed by atoms with Crippen LogP contribution < -0.4 is 24.6 Å². The van der Waals surface area contributed by atoms with Crippen LogP contribution in [0, 0.1) is 15.9 Å². The monoisotopic (exact) mass is 482 g/mol. The van der Waals surface area contributed by atoms with E-state index in [-0.39, 0.29) is 23.1 Å². The van der Waals surface area contributed by atoms with Crippen molar-refractivity contribution in [2.24, 2.45) is 0 Å². The van der Waals surface area contributed by atoms with Crippen LogP contribution in [0.3, 0.4) is 0 Å². The van der Waals surface area contributed by atoms with Crippen LogP contribution in [-0.2, 0) is 6.42 Å². The molecule has 0 atom stereocenters. The number of nitrogens with one attached hydrogen (secondary N) is 1. The lowest BCUT2D eigenvalue weighted by atomic mass is 10.1. The normalized spacial score (nSPS) is 13.5. The van der Waals surface area contributed by atoms with E-state index >= 15 is 0 Å². The SMILES string of the molecule is COc1cccc(CCNc2ncnc(N3CCN(c4ccccc4F)CC3)c2[N+](=O)[O-])c1OC. The summed E-state index contributed by atoms with van der Waals surface area (Å²) in [6.45, 7) is 2.35. The molecule has 11 heteroatoms. The fourth-order valence-electron chi connectivity index (χ4n) is 4.23. The molecule has 1 aliphatic rings. The summed E-state index contributed by atoms with van der Waals surface area (Å²) in [5, 5.41) is 15.1. The van der Waals surface area contributed by atoms with Gasteiger partial charge in [0.25, 0.3) is 0 Å². The molecule has 0 aliphatic carbocycles. The smallest absolute Gasteiger partial charge is 0.353 e. The molecule has 10 nitrogen and oxygen atoms in total. The third-order valence-electron chi connectivity index (χ3n) is 5.93. The molecule has 0 unspecified atom stereocenters. The molecule has 4 rings (SSSR count). The number of piperazine rings is 1. The van der Waals surface area contributed by atoms with Crippen LogP contribution >= 0.6 is 0 Å². The van der Waals surface area contributed by atoms with Gasteiger partial charge in [0.2, 0.25) is 11.6 Å². The first-order valence-corrected chi connectivity index (χ1v) is 11.2. The largest absolute Gasteiger partial charge is 0.493 e. The van der Waals surface area contributed by atoms with Gasteiger partial charge in [0, 0.05) is 32.7 Å². The van der Waals surface area contributed by atoms with Crippen molar-refractivity contribution in [1.82, 2.24) is 9.97 Å². The third-order valence-corrected chi connectivity index (χ3v) is 5.93. The van der Waals surface area contributed by atoms with Crippen LogP contribution in [-0.4, -0.2) is 61.8 Å². The third kappa shape index (κ3) is 5.18. The highest BCUT2D eigenvalue weighted by Crippen LogP contribution is 2.34. The second kappa shape index (κ2) is 10.9. The Hall–Kier alpha value is -4.15. The highest BCUT2D eigenvalue weighted by atomic mass is 19.1. The van der Waals surface area contributed by atoms with Crippen molar-refractivity contribution in [3.8, 4) is 11.5 Å². The van der Waals surface area contributed by atoms with E-state index in [0.29, 0.717) is 56.3 Å². The second-order valence-electron chi connectivity index (χ2n) is 7.91. The van der Waals surface area contributed by atoms with Crippen molar-refractivity contribution >= 4 is 23.0 Å². The van der Waals surface area contributed by atoms with E-state index in [9.17, 15) is 14.5 Å². The molecular weight excluding hydrogens is 455 g/mol. The van der Waals surface area contributed by atoms with Gasteiger partial charge in [-0.3, -0.25) is 10.1 Å². The number of benzene rings is 2. The van der Waals surface area contributed by atoms with E-state index in [2.05, 4.69) is 15.3 Å². The summed E-state index contributed by atoms with van der Waals surface area (Å²) in [5.41, 5.74) is 1.25. The van der Waals surface area contributed by atoms with E-state index in [4.69, 9.17) is 9.47 Å². The van der Waals surface area contributed by atoms with E-state index in [1.165, 1.54) is 12.4 Å². The predicted molar refractivity (Wildman–Crippen MR) is 131 cm³/mol. The Kier molecular flexibility index (Phi) is 7.44. The maximum Gasteiger partial charge on any atom is 0.353 e. The van der Waals surface area contributed by atoms with Crippen LogP contribution in [0.15, 0.2) is 48.8 Å². The van der Waals surface area contributed by atoms with Crippen molar-refractivity contribution < 1.29 is 18.8 Å². The molecule has 1 saturated heterocycles. The molecule has 1 N–H and O–H groups in total. The molecule has 0 bridgehead atoms. The number of methoxy groups -OCH3 is 2. The molecule has 1 fully saturated rings. The molecule has 184 valence electrons. The van der Waals surface area contributed by atoms with E-state index in [1.807, 2.05) is 28.0 Å². The molecule has 35 heavy (non-hydrogen) atoms. The van der Waals surface area contributed by atoms with Crippen molar-refractivity contribution in [2.45, 2.75) is 6.42 Å². The van der Waals surface area contributed by atoms with Gasteiger partial charge in [-0.2, -0.15) is 0 Å². The van der Waals surface area contributed by atoms with Gasteiger partial charge in [-0.05, 0) is 30.2 Å². The van der Waals surface area contributed by atoms with Gasteiger partial charge < -0.3 is 24.6 Å². The molecule has 3 aromatic rings. The van der Waals surface area contributed by atoms with Gasteiger partial charge in [0.15, 0.2) is 11.5 Å². The van der Waals surface area contributed by atoms with Gasteiger partial charge in [0.1, 0.15) is 12.1 Å². The Morgan fingerprint density at radius 3 is 2.46 bits per heavy atom. The fraction of sp³-hybridized carbons (Fsp3) is 0.333. The van der Waals surface area contributed by atoms with Gasteiger partial charge in [-0.25, -0.2) is 14.4 Å². The average molecular weight is 483 g/mol. The van der Waals surface area contributed by atoms with Crippen LogP contribution in [0.4, 0.5) is 27.4 Å². The average Bonchev–Trinajstić information content (AvgIpc) is 2.88.